The number of aromatic nitrogens is 1. The van der Waals surface area contributed by atoms with Gasteiger partial charge in [0.2, 0.25) is 0 Å². The van der Waals surface area contributed by atoms with Crippen molar-refractivity contribution in [1.29, 1.82) is 0 Å². The molecule has 0 aromatic carbocycles. The van der Waals surface area contributed by atoms with Crippen LogP contribution in [0.15, 0.2) is 18.5 Å². The highest BCUT2D eigenvalue weighted by Crippen LogP contribution is 2.03. The van der Waals surface area contributed by atoms with E-state index in [2.05, 4.69) is 15.6 Å². The Bertz CT molecular complexity index is 434. The first-order chi connectivity index (χ1) is 8.50. The number of hydrogen-bond acceptors (Lipinski definition) is 3. The smallest absolute Gasteiger partial charge is 0.315 e. The van der Waals surface area contributed by atoms with Crippen molar-refractivity contribution >= 4 is 12.0 Å². The molecule has 0 saturated carbocycles. The SMILES string of the molecule is Cc1ccncc1CNC(=O)NCC(C)C(=O)O. The van der Waals surface area contributed by atoms with Gasteiger partial charge in [-0.3, -0.25) is 9.78 Å². The summed E-state index contributed by atoms with van der Waals surface area (Å²) in [4.78, 5) is 25.9. The second-order valence-corrected chi connectivity index (χ2v) is 4.11. The zero-order valence-corrected chi connectivity index (χ0v) is 10.4. The van der Waals surface area contributed by atoms with Crippen LogP contribution in [-0.4, -0.2) is 28.6 Å². The molecule has 0 spiro atoms. The van der Waals surface area contributed by atoms with Gasteiger partial charge in [-0.2, -0.15) is 0 Å². The van der Waals surface area contributed by atoms with Crippen molar-refractivity contribution in [3.63, 3.8) is 0 Å². The van der Waals surface area contributed by atoms with Crippen LogP contribution in [0.3, 0.4) is 0 Å². The molecule has 1 heterocycles. The van der Waals surface area contributed by atoms with Gasteiger partial charge in [-0.15, -0.1) is 0 Å². The summed E-state index contributed by atoms with van der Waals surface area (Å²) in [6.45, 7) is 3.94. The van der Waals surface area contributed by atoms with Gasteiger partial charge in [-0.25, -0.2) is 4.79 Å². The van der Waals surface area contributed by atoms with E-state index in [1.165, 1.54) is 6.92 Å². The number of nitrogens with one attached hydrogen (secondary N) is 2. The Morgan fingerprint density at radius 3 is 2.78 bits per heavy atom. The van der Waals surface area contributed by atoms with Gasteiger partial charge in [0, 0.05) is 25.5 Å². The van der Waals surface area contributed by atoms with Gasteiger partial charge < -0.3 is 15.7 Å². The zero-order valence-electron chi connectivity index (χ0n) is 10.4. The first-order valence-electron chi connectivity index (χ1n) is 5.64. The fourth-order valence-corrected chi connectivity index (χ4v) is 1.25. The Morgan fingerprint density at radius 1 is 1.44 bits per heavy atom. The number of carbonyl (C=O) groups is 2. The fraction of sp³-hybridized carbons (Fsp3) is 0.417. The average Bonchev–Trinajstić information content (AvgIpc) is 2.34. The van der Waals surface area contributed by atoms with E-state index < -0.39 is 11.9 Å². The Hall–Kier alpha value is -2.11. The summed E-state index contributed by atoms with van der Waals surface area (Å²) in [6, 6.07) is 1.48. The summed E-state index contributed by atoms with van der Waals surface area (Å²) in [5.74, 6) is -1.53. The van der Waals surface area contributed by atoms with Crippen LogP contribution in [0.4, 0.5) is 4.79 Å². The second-order valence-electron chi connectivity index (χ2n) is 4.11. The number of pyridine rings is 1. The molecule has 1 rings (SSSR count). The number of carboxylic acids is 1. The number of urea groups is 1. The number of amides is 2. The maximum atomic E-state index is 11.4. The predicted molar refractivity (Wildman–Crippen MR) is 66.0 cm³/mol. The van der Waals surface area contributed by atoms with E-state index in [0.717, 1.165) is 11.1 Å². The predicted octanol–water partition coefficient (Wildman–Crippen LogP) is 0.910. The van der Waals surface area contributed by atoms with Gasteiger partial charge in [0.1, 0.15) is 0 Å². The standard InChI is InChI=1S/C12H17N3O3/c1-8-3-4-13-6-10(8)7-15-12(18)14-5-9(2)11(16)17/h3-4,6,9H,5,7H2,1-2H3,(H,16,17)(H2,14,15,18). The normalized spacial score (nSPS) is 11.7. The Labute approximate surface area is 105 Å². The number of rotatable bonds is 5. The van der Waals surface area contributed by atoms with Crippen LogP contribution in [0.1, 0.15) is 18.1 Å². The number of carboxylic acid groups (broad SMARTS) is 1. The molecule has 6 heteroatoms. The number of aliphatic carboxylic acids is 1. The molecule has 0 bridgehead atoms. The molecule has 0 aliphatic rings. The van der Waals surface area contributed by atoms with Crippen molar-refractivity contribution < 1.29 is 14.7 Å². The van der Waals surface area contributed by atoms with Crippen LogP contribution in [0, 0.1) is 12.8 Å². The highest BCUT2D eigenvalue weighted by atomic mass is 16.4. The lowest BCUT2D eigenvalue weighted by Crippen LogP contribution is -2.38. The largest absolute Gasteiger partial charge is 0.481 e. The molecule has 1 aromatic rings. The van der Waals surface area contributed by atoms with Gasteiger partial charge in [-0.1, -0.05) is 6.92 Å². The molecule has 18 heavy (non-hydrogen) atoms. The number of carbonyl (C=O) groups excluding carboxylic acids is 1. The Kier molecular flexibility index (Phi) is 5.10. The van der Waals surface area contributed by atoms with Crippen molar-refractivity contribution in [2.45, 2.75) is 20.4 Å². The minimum atomic E-state index is -0.932. The summed E-state index contributed by atoms with van der Waals surface area (Å²) in [5, 5.41) is 13.8. The van der Waals surface area contributed by atoms with Crippen LogP contribution in [0.2, 0.25) is 0 Å². The Morgan fingerprint density at radius 2 is 2.17 bits per heavy atom. The average molecular weight is 251 g/mol. The molecule has 0 fully saturated rings. The van der Waals surface area contributed by atoms with E-state index in [1.54, 1.807) is 12.4 Å². The summed E-state index contributed by atoms with van der Waals surface area (Å²) < 4.78 is 0. The molecule has 2 amide bonds. The molecule has 0 aliphatic heterocycles. The van der Waals surface area contributed by atoms with Gasteiger partial charge in [0.25, 0.3) is 0 Å². The number of hydrogen-bond donors (Lipinski definition) is 3. The van der Waals surface area contributed by atoms with E-state index >= 15 is 0 Å². The van der Waals surface area contributed by atoms with Gasteiger partial charge in [0.05, 0.1) is 5.92 Å². The molecule has 98 valence electrons. The quantitative estimate of drug-likeness (QED) is 0.725. The third-order valence-corrected chi connectivity index (χ3v) is 2.58. The molecule has 0 radical (unpaired) electrons. The van der Waals surface area contributed by atoms with E-state index in [1.807, 2.05) is 13.0 Å². The molecule has 0 saturated heterocycles. The zero-order chi connectivity index (χ0) is 13.5. The Balaban J connectivity index is 2.34. The lowest BCUT2D eigenvalue weighted by Gasteiger charge is -2.10. The van der Waals surface area contributed by atoms with Crippen LogP contribution in [-0.2, 0) is 11.3 Å². The molecule has 1 unspecified atom stereocenters. The topological polar surface area (TPSA) is 91.3 Å². The molecular formula is C12H17N3O3. The highest BCUT2D eigenvalue weighted by Gasteiger charge is 2.11. The molecule has 0 aliphatic carbocycles. The molecule has 1 atom stereocenters. The number of nitrogens with zero attached hydrogens (tertiary/aromatic N) is 1. The third kappa shape index (κ3) is 4.40. The molecule has 1 aromatic heterocycles. The second kappa shape index (κ2) is 6.58. The molecule has 3 N–H and O–H groups in total. The van der Waals surface area contributed by atoms with Crippen molar-refractivity contribution in [1.82, 2.24) is 15.6 Å². The third-order valence-electron chi connectivity index (χ3n) is 2.58. The molecule has 6 nitrogen and oxygen atoms in total. The van der Waals surface area contributed by atoms with Gasteiger partial charge >= 0.3 is 12.0 Å². The number of aryl methyl sites for hydroxylation is 1. The first kappa shape index (κ1) is 14.0. The van der Waals surface area contributed by atoms with Crippen molar-refractivity contribution in [2.75, 3.05) is 6.54 Å². The lowest BCUT2D eigenvalue weighted by atomic mass is 10.1. The van der Waals surface area contributed by atoms with Crippen molar-refractivity contribution in [2.24, 2.45) is 5.92 Å². The lowest BCUT2D eigenvalue weighted by molar-refractivity contribution is -0.140. The van der Waals surface area contributed by atoms with E-state index in [0.29, 0.717) is 6.54 Å². The first-order valence-corrected chi connectivity index (χ1v) is 5.64. The summed E-state index contributed by atoms with van der Waals surface area (Å²) in [6.07, 6.45) is 3.38. The fourth-order valence-electron chi connectivity index (χ4n) is 1.25. The molecular weight excluding hydrogens is 234 g/mol. The van der Waals surface area contributed by atoms with Crippen molar-refractivity contribution in [3.8, 4) is 0 Å². The van der Waals surface area contributed by atoms with Crippen LogP contribution in [0.25, 0.3) is 0 Å². The van der Waals surface area contributed by atoms with Crippen molar-refractivity contribution in [3.05, 3.63) is 29.6 Å². The van der Waals surface area contributed by atoms with Crippen LogP contribution >= 0.6 is 0 Å². The maximum Gasteiger partial charge on any atom is 0.315 e. The van der Waals surface area contributed by atoms with Crippen LogP contribution in [0.5, 0.6) is 0 Å². The monoisotopic (exact) mass is 251 g/mol. The summed E-state index contributed by atoms with van der Waals surface area (Å²) in [5.41, 5.74) is 1.98. The van der Waals surface area contributed by atoms with Gasteiger partial charge in [-0.05, 0) is 24.1 Å². The maximum absolute atomic E-state index is 11.4. The van der Waals surface area contributed by atoms with E-state index in [-0.39, 0.29) is 12.6 Å². The summed E-state index contributed by atoms with van der Waals surface area (Å²) in [7, 11) is 0. The van der Waals surface area contributed by atoms with Crippen LogP contribution < -0.4 is 10.6 Å². The van der Waals surface area contributed by atoms with E-state index in [4.69, 9.17) is 5.11 Å². The summed E-state index contributed by atoms with van der Waals surface area (Å²) >= 11 is 0. The van der Waals surface area contributed by atoms with E-state index in [9.17, 15) is 9.59 Å². The van der Waals surface area contributed by atoms with Gasteiger partial charge in [0.15, 0.2) is 0 Å². The highest BCUT2D eigenvalue weighted by molar-refractivity contribution is 5.75. The minimum Gasteiger partial charge on any atom is -0.481 e. The minimum absolute atomic E-state index is 0.104.